The summed E-state index contributed by atoms with van der Waals surface area (Å²) in [5.74, 6) is -3.11. The largest absolute Gasteiger partial charge is 0.480 e. The van der Waals surface area contributed by atoms with E-state index >= 15 is 0 Å². The lowest BCUT2D eigenvalue weighted by atomic mass is 9.97. The molecule has 28 heavy (non-hydrogen) atoms. The number of nitrogens with two attached hydrogens (primary N) is 1. The second-order valence-corrected chi connectivity index (χ2v) is 6.55. The molecule has 156 valence electrons. The third kappa shape index (κ3) is 6.99. The molecule has 0 aromatic carbocycles. The number of H-pyrrole nitrogens is 1. The van der Waals surface area contributed by atoms with Gasteiger partial charge in [0.2, 0.25) is 17.7 Å². The molecule has 11 heteroatoms. The van der Waals surface area contributed by atoms with Crippen LogP contribution in [0.3, 0.4) is 0 Å². The quantitative estimate of drug-likeness (QED) is 0.264. The van der Waals surface area contributed by atoms with Gasteiger partial charge in [-0.3, -0.25) is 19.2 Å². The lowest BCUT2D eigenvalue weighted by molar-refractivity contribution is -0.141. The van der Waals surface area contributed by atoms with Crippen molar-refractivity contribution in [2.24, 2.45) is 11.7 Å². The number of aromatic amines is 1. The highest BCUT2D eigenvalue weighted by atomic mass is 16.4. The maximum absolute atomic E-state index is 12.8. The molecular weight excluding hydrogens is 368 g/mol. The van der Waals surface area contributed by atoms with Crippen LogP contribution in [0, 0.1) is 5.92 Å². The van der Waals surface area contributed by atoms with Gasteiger partial charge in [-0.05, 0) is 12.8 Å². The first-order valence-electron chi connectivity index (χ1n) is 8.99. The van der Waals surface area contributed by atoms with Gasteiger partial charge in [0.25, 0.3) is 0 Å². The van der Waals surface area contributed by atoms with Crippen LogP contribution in [0.4, 0.5) is 0 Å². The summed E-state index contributed by atoms with van der Waals surface area (Å²) < 4.78 is 0. The SMILES string of the molecule is CC[C@H](C)[C@H](NC(=O)CN)C(=O)N[C@@H](Cc1cnc[nH]1)C(=O)N[C@@H](C)C(=O)O. The first kappa shape index (κ1) is 23.1. The highest BCUT2D eigenvalue weighted by Gasteiger charge is 2.31. The molecule has 0 saturated carbocycles. The number of imidazole rings is 1. The summed E-state index contributed by atoms with van der Waals surface area (Å²) >= 11 is 0. The molecule has 1 rings (SSSR count). The van der Waals surface area contributed by atoms with E-state index in [2.05, 4.69) is 25.9 Å². The molecule has 1 aromatic heterocycles. The Morgan fingerprint density at radius 2 is 1.86 bits per heavy atom. The maximum atomic E-state index is 12.8. The molecule has 0 saturated heterocycles. The number of amides is 3. The van der Waals surface area contributed by atoms with Gasteiger partial charge >= 0.3 is 5.97 Å². The summed E-state index contributed by atoms with van der Waals surface area (Å²) in [6.45, 7) is 4.70. The van der Waals surface area contributed by atoms with Crippen LogP contribution in [0.1, 0.15) is 32.9 Å². The van der Waals surface area contributed by atoms with Gasteiger partial charge in [0.1, 0.15) is 18.1 Å². The summed E-state index contributed by atoms with van der Waals surface area (Å²) in [4.78, 5) is 54.7. The third-order valence-corrected chi connectivity index (χ3v) is 4.34. The average molecular weight is 396 g/mol. The first-order valence-corrected chi connectivity index (χ1v) is 8.99. The zero-order chi connectivity index (χ0) is 21.3. The molecule has 7 N–H and O–H groups in total. The molecule has 1 aromatic rings. The normalized spacial score (nSPS) is 15.0. The van der Waals surface area contributed by atoms with Gasteiger partial charge in [-0.2, -0.15) is 0 Å². The molecule has 0 aliphatic heterocycles. The van der Waals surface area contributed by atoms with Gasteiger partial charge < -0.3 is 31.8 Å². The van der Waals surface area contributed by atoms with Gasteiger partial charge in [0.05, 0.1) is 12.9 Å². The smallest absolute Gasteiger partial charge is 0.325 e. The van der Waals surface area contributed by atoms with Crippen molar-refractivity contribution in [3.8, 4) is 0 Å². The van der Waals surface area contributed by atoms with Crippen molar-refractivity contribution in [2.45, 2.75) is 51.7 Å². The van der Waals surface area contributed by atoms with E-state index in [0.717, 1.165) is 0 Å². The summed E-state index contributed by atoms with van der Waals surface area (Å²) in [6.07, 6.45) is 3.60. The average Bonchev–Trinajstić information content (AvgIpc) is 3.17. The Morgan fingerprint density at radius 3 is 2.36 bits per heavy atom. The van der Waals surface area contributed by atoms with Crippen molar-refractivity contribution in [3.63, 3.8) is 0 Å². The van der Waals surface area contributed by atoms with Crippen molar-refractivity contribution in [3.05, 3.63) is 18.2 Å². The molecule has 0 aliphatic rings. The number of hydrogen-bond donors (Lipinski definition) is 6. The molecule has 0 fully saturated rings. The molecule has 11 nitrogen and oxygen atoms in total. The number of carboxylic acid groups (broad SMARTS) is 1. The molecule has 1 heterocycles. The third-order valence-electron chi connectivity index (χ3n) is 4.34. The van der Waals surface area contributed by atoms with Crippen LogP contribution in [0.5, 0.6) is 0 Å². The maximum Gasteiger partial charge on any atom is 0.325 e. The summed E-state index contributed by atoms with van der Waals surface area (Å²) in [7, 11) is 0. The minimum atomic E-state index is -1.20. The Kier molecular flexibility index (Phi) is 9.09. The Balaban J connectivity index is 2.97. The Bertz CT molecular complexity index is 678. The number of hydrogen-bond acceptors (Lipinski definition) is 6. The Hall–Kier alpha value is -2.95. The topological polar surface area (TPSA) is 179 Å². The molecule has 0 unspecified atom stereocenters. The van der Waals surface area contributed by atoms with Gasteiger partial charge in [0, 0.05) is 18.3 Å². The zero-order valence-corrected chi connectivity index (χ0v) is 16.2. The van der Waals surface area contributed by atoms with E-state index in [4.69, 9.17) is 10.8 Å². The monoisotopic (exact) mass is 396 g/mol. The van der Waals surface area contributed by atoms with Crippen LogP contribution >= 0.6 is 0 Å². The van der Waals surface area contributed by atoms with E-state index in [-0.39, 0.29) is 18.9 Å². The van der Waals surface area contributed by atoms with Crippen LogP contribution in [-0.4, -0.2) is 63.4 Å². The van der Waals surface area contributed by atoms with Gasteiger partial charge in [-0.1, -0.05) is 20.3 Å². The number of carbonyl (C=O) groups excluding carboxylic acids is 3. The zero-order valence-electron chi connectivity index (χ0n) is 16.2. The number of aliphatic carboxylic acids is 1. The molecule has 0 radical (unpaired) electrons. The number of carbonyl (C=O) groups is 4. The minimum Gasteiger partial charge on any atom is -0.480 e. The number of carboxylic acids is 1. The number of nitrogens with one attached hydrogen (secondary N) is 4. The molecule has 0 spiro atoms. The molecular formula is C17H28N6O5. The highest BCUT2D eigenvalue weighted by Crippen LogP contribution is 2.09. The molecule has 4 atom stereocenters. The van der Waals surface area contributed by atoms with Crippen LogP contribution in [-0.2, 0) is 25.6 Å². The van der Waals surface area contributed by atoms with Crippen LogP contribution < -0.4 is 21.7 Å². The van der Waals surface area contributed by atoms with E-state index in [0.29, 0.717) is 12.1 Å². The molecule has 0 aliphatic carbocycles. The molecule has 3 amide bonds. The predicted molar refractivity (Wildman–Crippen MR) is 99.9 cm³/mol. The van der Waals surface area contributed by atoms with E-state index < -0.39 is 41.8 Å². The highest BCUT2D eigenvalue weighted by molar-refractivity contribution is 5.93. The predicted octanol–water partition coefficient (Wildman–Crippen LogP) is -1.48. The van der Waals surface area contributed by atoms with Crippen LogP contribution in [0.15, 0.2) is 12.5 Å². The van der Waals surface area contributed by atoms with Crippen molar-refractivity contribution in [1.82, 2.24) is 25.9 Å². The Labute approximate surface area is 162 Å². The minimum absolute atomic E-state index is 0.0714. The van der Waals surface area contributed by atoms with Crippen LogP contribution in [0.25, 0.3) is 0 Å². The van der Waals surface area contributed by atoms with Gasteiger partial charge in [0.15, 0.2) is 0 Å². The van der Waals surface area contributed by atoms with E-state index in [1.54, 1.807) is 6.92 Å². The second-order valence-electron chi connectivity index (χ2n) is 6.55. The van der Waals surface area contributed by atoms with Gasteiger partial charge in [-0.25, -0.2) is 4.98 Å². The standard InChI is InChI=1S/C17H28N6O5/c1-4-9(2)14(23-13(24)6-18)16(26)22-12(5-11-7-19-8-20-11)15(25)21-10(3)17(27)28/h7-10,12,14H,4-6,18H2,1-3H3,(H,19,20)(H,21,25)(H,22,26)(H,23,24)(H,27,28)/t9-,10-,12-,14-/m0/s1. The second kappa shape index (κ2) is 11.0. The van der Waals surface area contributed by atoms with Gasteiger partial charge in [-0.15, -0.1) is 0 Å². The van der Waals surface area contributed by atoms with Crippen molar-refractivity contribution >= 4 is 23.7 Å². The van der Waals surface area contributed by atoms with E-state index in [1.165, 1.54) is 19.4 Å². The number of nitrogens with zero attached hydrogens (tertiary/aromatic N) is 1. The van der Waals surface area contributed by atoms with Crippen molar-refractivity contribution < 1.29 is 24.3 Å². The van der Waals surface area contributed by atoms with E-state index in [9.17, 15) is 19.2 Å². The first-order chi connectivity index (χ1) is 13.2. The number of rotatable bonds is 11. The fourth-order valence-electron chi connectivity index (χ4n) is 2.40. The summed E-state index contributed by atoms with van der Waals surface area (Å²) in [5, 5.41) is 16.5. The van der Waals surface area contributed by atoms with Crippen LogP contribution in [0.2, 0.25) is 0 Å². The Morgan fingerprint density at radius 1 is 1.18 bits per heavy atom. The fourth-order valence-corrected chi connectivity index (χ4v) is 2.40. The lowest BCUT2D eigenvalue weighted by Gasteiger charge is -2.26. The van der Waals surface area contributed by atoms with Crippen molar-refractivity contribution in [1.29, 1.82) is 0 Å². The fraction of sp³-hybridized carbons (Fsp3) is 0.588. The molecule has 0 bridgehead atoms. The lowest BCUT2D eigenvalue weighted by Crippen LogP contribution is -2.58. The summed E-state index contributed by atoms with van der Waals surface area (Å²) in [5.41, 5.74) is 5.89. The number of aromatic nitrogens is 2. The van der Waals surface area contributed by atoms with E-state index in [1.807, 2.05) is 6.92 Å². The summed E-state index contributed by atoms with van der Waals surface area (Å²) in [6, 6.07) is -3.07. The van der Waals surface area contributed by atoms with Crippen molar-refractivity contribution in [2.75, 3.05) is 6.54 Å².